The number of aryl methyl sites for hydroxylation is 1. The highest BCUT2D eigenvalue weighted by Gasteiger charge is 2.22. The van der Waals surface area contributed by atoms with Crippen LogP contribution in [0.2, 0.25) is 15.2 Å². The van der Waals surface area contributed by atoms with E-state index in [0.717, 1.165) is 0 Å². The fraction of sp³-hybridized carbons (Fsp3) is 0.118. The first-order valence-electron chi connectivity index (χ1n) is 7.11. The Labute approximate surface area is 156 Å². The summed E-state index contributed by atoms with van der Waals surface area (Å²) >= 11 is 18.6. The van der Waals surface area contributed by atoms with Gasteiger partial charge in [0.15, 0.2) is 5.15 Å². The smallest absolute Gasteiger partial charge is 0.151 e. The van der Waals surface area contributed by atoms with Gasteiger partial charge in [-0.15, -0.1) is 0 Å². The van der Waals surface area contributed by atoms with E-state index in [4.69, 9.17) is 34.8 Å². The van der Waals surface area contributed by atoms with Crippen LogP contribution in [0.25, 0.3) is 5.69 Å². The number of halogens is 6. The molecule has 1 heterocycles. The Kier molecular flexibility index (Phi) is 5.00. The zero-order chi connectivity index (χ0) is 18.3. The lowest BCUT2D eigenvalue weighted by atomic mass is 10.1. The van der Waals surface area contributed by atoms with Crippen molar-refractivity contribution < 1.29 is 13.2 Å². The van der Waals surface area contributed by atoms with Crippen molar-refractivity contribution in [3.05, 3.63) is 80.1 Å². The normalized spacial score (nSPS) is 11.2. The summed E-state index contributed by atoms with van der Waals surface area (Å²) in [7, 11) is 0. The van der Waals surface area contributed by atoms with Crippen LogP contribution in [0, 0.1) is 24.4 Å². The van der Waals surface area contributed by atoms with Crippen molar-refractivity contribution in [2.24, 2.45) is 0 Å². The van der Waals surface area contributed by atoms with Gasteiger partial charge in [-0.2, -0.15) is 0 Å². The predicted molar refractivity (Wildman–Crippen MR) is 92.5 cm³/mol. The van der Waals surface area contributed by atoms with Crippen molar-refractivity contribution in [2.75, 3.05) is 0 Å². The molecular formula is C17H10Cl3F3N2. The van der Waals surface area contributed by atoms with E-state index in [1.54, 1.807) is 25.1 Å². The zero-order valence-corrected chi connectivity index (χ0v) is 15.0. The minimum Gasteiger partial charge on any atom is -0.296 e. The van der Waals surface area contributed by atoms with Crippen molar-refractivity contribution in [1.82, 2.24) is 9.55 Å². The fourth-order valence-corrected chi connectivity index (χ4v) is 3.44. The Bertz CT molecular complexity index is 927. The van der Waals surface area contributed by atoms with Gasteiger partial charge in [-0.3, -0.25) is 4.57 Å². The summed E-state index contributed by atoms with van der Waals surface area (Å²) in [4.78, 5) is 4.13. The molecule has 0 aliphatic carbocycles. The topological polar surface area (TPSA) is 17.8 Å². The maximum atomic E-state index is 14.0. The molecule has 0 saturated carbocycles. The van der Waals surface area contributed by atoms with Gasteiger partial charge in [-0.25, -0.2) is 18.2 Å². The molecule has 0 spiro atoms. The van der Waals surface area contributed by atoms with E-state index in [2.05, 4.69) is 4.98 Å². The summed E-state index contributed by atoms with van der Waals surface area (Å²) in [5.41, 5.74) is 0.367. The molecule has 0 unspecified atom stereocenters. The first-order chi connectivity index (χ1) is 11.8. The summed E-state index contributed by atoms with van der Waals surface area (Å²) in [6.45, 7) is 1.66. The second-order valence-corrected chi connectivity index (χ2v) is 6.50. The number of rotatable bonds is 3. The monoisotopic (exact) mass is 404 g/mol. The highest BCUT2D eigenvalue weighted by atomic mass is 35.5. The van der Waals surface area contributed by atoms with Gasteiger partial charge in [0.25, 0.3) is 0 Å². The molecule has 2 nitrogen and oxygen atoms in total. The second kappa shape index (κ2) is 6.90. The Morgan fingerprint density at radius 1 is 1.00 bits per heavy atom. The SMILES string of the molecule is Cc1nc(Cl)c(Cc2c(F)cc(F)cc2F)n1-c1c(Cl)cccc1Cl. The van der Waals surface area contributed by atoms with Crippen LogP contribution in [0.5, 0.6) is 0 Å². The summed E-state index contributed by atoms with van der Waals surface area (Å²) in [5, 5.41) is 0.702. The zero-order valence-electron chi connectivity index (χ0n) is 12.8. The second-order valence-electron chi connectivity index (χ2n) is 5.33. The lowest BCUT2D eigenvalue weighted by Gasteiger charge is -2.14. The highest BCUT2D eigenvalue weighted by Crippen LogP contribution is 2.34. The molecule has 3 rings (SSSR count). The fourth-order valence-electron chi connectivity index (χ4n) is 2.60. The van der Waals surface area contributed by atoms with Crippen LogP contribution in [-0.2, 0) is 6.42 Å². The van der Waals surface area contributed by atoms with Gasteiger partial charge in [0.05, 0.1) is 21.4 Å². The van der Waals surface area contributed by atoms with Crippen LogP contribution in [0.4, 0.5) is 13.2 Å². The first-order valence-corrected chi connectivity index (χ1v) is 8.24. The quantitative estimate of drug-likeness (QED) is 0.511. The maximum Gasteiger partial charge on any atom is 0.151 e. The average Bonchev–Trinajstić information content (AvgIpc) is 2.77. The number of para-hydroxylation sites is 1. The number of hydrogen-bond donors (Lipinski definition) is 0. The van der Waals surface area contributed by atoms with Crippen LogP contribution in [0.15, 0.2) is 30.3 Å². The van der Waals surface area contributed by atoms with E-state index in [-0.39, 0.29) is 17.1 Å². The van der Waals surface area contributed by atoms with Gasteiger partial charge in [-0.05, 0) is 19.1 Å². The third-order valence-electron chi connectivity index (χ3n) is 3.70. The molecule has 130 valence electrons. The first kappa shape index (κ1) is 18.1. The molecule has 0 aliphatic heterocycles. The molecule has 2 aromatic carbocycles. The van der Waals surface area contributed by atoms with E-state index >= 15 is 0 Å². The Hall–Kier alpha value is -1.69. The van der Waals surface area contributed by atoms with E-state index in [1.165, 1.54) is 4.57 Å². The van der Waals surface area contributed by atoms with E-state index in [0.29, 0.717) is 39.4 Å². The molecule has 8 heteroatoms. The van der Waals surface area contributed by atoms with Crippen LogP contribution in [-0.4, -0.2) is 9.55 Å². The molecular weight excluding hydrogens is 396 g/mol. The minimum atomic E-state index is -1.01. The number of aromatic nitrogens is 2. The lowest BCUT2D eigenvalue weighted by molar-refractivity contribution is 0.526. The molecule has 3 aromatic rings. The summed E-state index contributed by atoms with van der Waals surface area (Å²) < 4.78 is 42.7. The number of nitrogens with zero attached hydrogens (tertiary/aromatic N) is 2. The van der Waals surface area contributed by atoms with Crippen LogP contribution in [0.1, 0.15) is 17.1 Å². The van der Waals surface area contributed by atoms with Gasteiger partial charge in [-0.1, -0.05) is 40.9 Å². The summed E-state index contributed by atoms with van der Waals surface area (Å²) in [6.07, 6.45) is -0.251. The molecule has 0 fully saturated rings. The number of imidazole rings is 1. The Balaban J connectivity index is 2.20. The van der Waals surface area contributed by atoms with Crippen molar-refractivity contribution in [2.45, 2.75) is 13.3 Å². The van der Waals surface area contributed by atoms with Gasteiger partial charge < -0.3 is 0 Å². The van der Waals surface area contributed by atoms with Crippen molar-refractivity contribution >= 4 is 34.8 Å². The molecule has 1 aromatic heterocycles. The predicted octanol–water partition coefficient (Wildman–Crippen LogP) is 6.15. The molecule has 25 heavy (non-hydrogen) atoms. The minimum absolute atomic E-state index is 0.0524. The van der Waals surface area contributed by atoms with Crippen LogP contribution < -0.4 is 0 Å². The van der Waals surface area contributed by atoms with E-state index in [9.17, 15) is 13.2 Å². The lowest BCUT2D eigenvalue weighted by Crippen LogP contribution is -2.07. The van der Waals surface area contributed by atoms with E-state index in [1.807, 2.05) is 0 Å². The Morgan fingerprint density at radius 3 is 2.12 bits per heavy atom. The third kappa shape index (κ3) is 3.36. The number of hydrogen-bond acceptors (Lipinski definition) is 1. The highest BCUT2D eigenvalue weighted by molar-refractivity contribution is 6.37. The molecule has 0 aliphatic rings. The standard InChI is InChI=1S/C17H10Cl3F3N2/c1-8-24-17(20)15(7-10-13(22)5-9(21)6-14(10)23)25(8)16-11(18)3-2-4-12(16)19/h2-6H,7H2,1H3. The van der Waals surface area contributed by atoms with Gasteiger partial charge in [0, 0.05) is 24.1 Å². The van der Waals surface area contributed by atoms with E-state index < -0.39 is 17.5 Å². The molecule has 0 radical (unpaired) electrons. The maximum absolute atomic E-state index is 14.0. The molecule has 0 bridgehead atoms. The molecule has 0 amide bonds. The molecule has 0 N–H and O–H groups in total. The Morgan fingerprint density at radius 2 is 1.56 bits per heavy atom. The van der Waals surface area contributed by atoms with Crippen LogP contribution >= 0.6 is 34.8 Å². The largest absolute Gasteiger partial charge is 0.296 e. The third-order valence-corrected chi connectivity index (χ3v) is 4.62. The van der Waals surface area contributed by atoms with Gasteiger partial charge in [0.2, 0.25) is 0 Å². The van der Waals surface area contributed by atoms with Crippen LogP contribution in [0.3, 0.4) is 0 Å². The van der Waals surface area contributed by atoms with Crippen molar-refractivity contribution in [3.63, 3.8) is 0 Å². The number of benzene rings is 2. The molecule has 0 saturated heterocycles. The average molecular weight is 406 g/mol. The van der Waals surface area contributed by atoms with Crippen molar-refractivity contribution in [1.29, 1.82) is 0 Å². The van der Waals surface area contributed by atoms with Gasteiger partial charge >= 0.3 is 0 Å². The van der Waals surface area contributed by atoms with Crippen molar-refractivity contribution in [3.8, 4) is 5.69 Å². The molecule has 0 atom stereocenters. The summed E-state index contributed by atoms with van der Waals surface area (Å²) in [5.74, 6) is -2.57. The van der Waals surface area contributed by atoms with Gasteiger partial charge in [0.1, 0.15) is 23.3 Å². The summed E-state index contributed by atoms with van der Waals surface area (Å²) in [6, 6.07) is 6.14.